The van der Waals surface area contributed by atoms with Gasteiger partial charge in [-0.15, -0.1) is 0 Å². The summed E-state index contributed by atoms with van der Waals surface area (Å²) in [5, 5.41) is 3.58. The molecule has 180 valence electrons. The first-order chi connectivity index (χ1) is 15.9. The van der Waals surface area contributed by atoms with E-state index in [0.717, 1.165) is 80.7 Å². The Morgan fingerprint density at radius 3 is 2.36 bits per heavy atom. The first kappa shape index (κ1) is 25.2. The van der Waals surface area contributed by atoms with Gasteiger partial charge in [0.25, 0.3) is 0 Å². The van der Waals surface area contributed by atoms with Crippen molar-refractivity contribution in [1.82, 2.24) is 24.8 Å². The van der Waals surface area contributed by atoms with Gasteiger partial charge in [0, 0.05) is 18.5 Å². The summed E-state index contributed by atoms with van der Waals surface area (Å²) >= 11 is 0. The van der Waals surface area contributed by atoms with E-state index in [4.69, 9.17) is 10.7 Å². The minimum atomic E-state index is 0.158. The van der Waals surface area contributed by atoms with Gasteiger partial charge < -0.3 is 15.6 Å². The van der Waals surface area contributed by atoms with E-state index in [2.05, 4.69) is 77.9 Å². The first-order valence-electron chi connectivity index (χ1n) is 12.7. The molecule has 6 nitrogen and oxygen atoms in total. The van der Waals surface area contributed by atoms with Crippen molar-refractivity contribution < 1.29 is 0 Å². The molecule has 33 heavy (non-hydrogen) atoms. The lowest BCUT2D eigenvalue weighted by Gasteiger charge is -2.20. The average molecular weight is 451 g/mol. The molecule has 0 aliphatic rings. The molecule has 0 amide bonds. The van der Waals surface area contributed by atoms with Crippen molar-refractivity contribution in [1.29, 1.82) is 0 Å². The number of benzene rings is 1. The number of aryl methyl sites for hydroxylation is 4. The summed E-state index contributed by atoms with van der Waals surface area (Å²) in [6.07, 6.45) is 9.71. The Hall–Kier alpha value is -2.47. The van der Waals surface area contributed by atoms with Crippen LogP contribution in [0.15, 0.2) is 30.3 Å². The molecule has 0 bridgehead atoms. The van der Waals surface area contributed by atoms with Gasteiger partial charge in [0.05, 0.1) is 5.69 Å². The van der Waals surface area contributed by atoms with Gasteiger partial charge in [0.1, 0.15) is 11.3 Å². The molecule has 0 fully saturated rings. The Balaban J connectivity index is 1.79. The number of imidazole rings is 1. The highest BCUT2D eigenvalue weighted by Gasteiger charge is 2.17. The van der Waals surface area contributed by atoms with Crippen molar-refractivity contribution in [3.63, 3.8) is 0 Å². The average Bonchev–Trinajstić information content (AvgIpc) is 3.10. The number of nitrogens with two attached hydrogens (primary N) is 1. The lowest BCUT2D eigenvalue weighted by atomic mass is 10.1. The molecular weight excluding hydrogens is 408 g/mol. The van der Waals surface area contributed by atoms with Crippen LogP contribution in [0.4, 0.5) is 5.95 Å². The number of hydrogen-bond donors (Lipinski definition) is 2. The van der Waals surface area contributed by atoms with Crippen LogP contribution in [0, 0.1) is 0 Å². The molecule has 1 aromatic carbocycles. The predicted molar refractivity (Wildman–Crippen MR) is 138 cm³/mol. The van der Waals surface area contributed by atoms with Gasteiger partial charge in [-0.05, 0) is 71.4 Å². The van der Waals surface area contributed by atoms with Crippen LogP contribution in [0.3, 0.4) is 0 Å². The first-order valence-corrected chi connectivity index (χ1v) is 12.7. The Morgan fingerprint density at radius 2 is 1.64 bits per heavy atom. The summed E-state index contributed by atoms with van der Waals surface area (Å²) in [5.74, 6) is 1.45. The van der Waals surface area contributed by atoms with Gasteiger partial charge in [-0.1, -0.05) is 50.1 Å². The smallest absolute Gasteiger partial charge is 0.222 e. The standard InChI is InChI=1S/C27H42N6/c1-5-6-8-17-22-24-25(32-26(28)30-22)31-23(18-11-12-19-29-27(2,3)4)33(24)20-13-16-21-14-9-7-10-15-21/h7,9-10,14-15,29H,5-6,8,11-13,16-20H2,1-4H3,(H2,28,30,32). The molecule has 0 aliphatic heterocycles. The fraction of sp³-hybridized carbons (Fsp3) is 0.593. The minimum Gasteiger partial charge on any atom is -0.368 e. The Labute approximate surface area is 199 Å². The second-order valence-corrected chi connectivity index (χ2v) is 10.1. The molecule has 0 spiro atoms. The lowest BCUT2D eigenvalue weighted by molar-refractivity contribution is 0.418. The number of nitrogens with zero attached hydrogens (tertiary/aromatic N) is 4. The fourth-order valence-electron chi connectivity index (χ4n) is 4.28. The third-order valence-corrected chi connectivity index (χ3v) is 5.96. The van der Waals surface area contributed by atoms with Crippen LogP contribution in [-0.4, -0.2) is 31.6 Å². The van der Waals surface area contributed by atoms with E-state index in [-0.39, 0.29) is 5.54 Å². The summed E-state index contributed by atoms with van der Waals surface area (Å²) in [6.45, 7) is 10.8. The van der Waals surface area contributed by atoms with Gasteiger partial charge in [-0.2, -0.15) is 4.98 Å². The van der Waals surface area contributed by atoms with E-state index in [1.807, 2.05) is 0 Å². The molecular formula is C27H42N6. The lowest BCUT2D eigenvalue weighted by Crippen LogP contribution is -2.36. The van der Waals surface area contributed by atoms with E-state index in [1.54, 1.807) is 0 Å². The van der Waals surface area contributed by atoms with Crippen molar-refractivity contribution in [2.45, 2.75) is 97.6 Å². The molecule has 2 heterocycles. The zero-order chi connectivity index (χ0) is 23.7. The fourth-order valence-corrected chi connectivity index (χ4v) is 4.28. The molecule has 0 unspecified atom stereocenters. The van der Waals surface area contributed by atoms with Gasteiger partial charge in [0.2, 0.25) is 5.95 Å². The SMILES string of the molecule is CCCCCc1nc(N)nc2nc(CCCCNC(C)(C)C)n(CCCc3ccccc3)c12. The van der Waals surface area contributed by atoms with Gasteiger partial charge >= 0.3 is 0 Å². The van der Waals surface area contributed by atoms with E-state index in [0.29, 0.717) is 5.95 Å². The van der Waals surface area contributed by atoms with Crippen LogP contribution in [-0.2, 0) is 25.8 Å². The monoisotopic (exact) mass is 450 g/mol. The van der Waals surface area contributed by atoms with Gasteiger partial charge in [0.15, 0.2) is 5.65 Å². The molecule has 0 saturated carbocycles. The molecule has 3 N–H and O–H groups in total. The van der Waals surface area contributed by atoms with Crippen molar-refractivity contribution >= 4 is 17.1 Å². The largest absolute Gasteiger partial charge is 0.368 e. The highest BCUT2D eigenvalue weighted by atomic mass is 15.2. The van der Waals surface area contributed by atoms with Crippen LogP contribution in [0.1, 0.15) is 83.3 Å². The zero-order valence-electron chi connectivity index (χ0n) is 21.0. The van der Waals surface area contributed by atoms with Gasteiger partial charge in [-0.3, -0.25) is 0 Å². The topological polar surface area (TPSA) is 81.7 Å². The van der Waals surface area contributed by atoms with Crippen LogP contribution in [0.5, 0.6) is 0 Å². The number of anilines is 1. The van der Waals surface area contributed by atoms with Crippen molar-refractivity contribution in [2.24, 2.45) is 0 Å². The second-order valence-electron chi connectivity index (χ2n) is 10.1. The highest BCUT2D eigenvalue weighted by Crippen LogP contribution is 2.23. The Bertz CT molecular complexity index is 987. The highest BCUT2D eigenvalue weighted by molar-refractivity contribution is 5.75. The summed E-state index contributed by atoms with van der Waals surface area (Å²) in [4.78, 5) is 14.1. The molecule has 0 atom stereocenters. The van der Waals surface area contributed by atoms with Crippen LogP contribution >= 0.6 is 0 Å². The predicted octanol–water partition coefficient (Wildman–Crippen LogP) is 5.48. The molecule has 0 radical (unpaired) electrons. The van der Waals surface area contributed by atoms with Crippen molar-refractivity contribution in [2.75, 3.05) is 12.3 Å². The molecule has 6 heteroatoms. The third kappa shape index (κ3) is 7.81. The van der Waals surface area contributed by atoms with E-state index in [9.17, 15) is 0 Å². The third-order valence-electron chi connectivity index (χ3n) is 5.96. The maximum Gasteiger partial charge on any atom is 0.222 e. The quantitative estimate of drug-likeness (QED) is 0.337. The number of aromatic nitrogens is 4. The maximum atomic E-state index is 6.07. The Kier molecular flexibility index (Phi) is 9.24. The number of fused-ring (bicyclic) bond motifs is 1. The van der Waals surface area contributed by atoms with Crippen molar-refractivity contribution in [3.8, 4) is 0 Å². The van der Waals surface area contributed by atoms with Crippen molar-refractivity contribution in [3.05, 3.63) is 47.4 Å². The van der Waals surface area contributed by atoms with Crippen LogP contribution < -0.4 is 11.1 Å². The molecule has 3 aromatic rings. The summed E-state index contributed by atoms with van der Waals surface area (Å²) in [6, 6.07) is 10.7. The Morgan fingerprint density at radius 1 is 0.879 bits per heavy atom. The van der Waals surface area contributed by atoms with E-state index < -0.39 is 0 Å². The number of nitrogens with one attached hydrogen (secondary N) is 1. The van der Waals surface area contributed by atoms with E-state index in [1.165, 1.54) is 18.4 Å². The zero-order valence-corrected chi connectivity index (χ0v) is 21.0. The molecule has 3 rings (SSSR count). The minimum absolute atomic E-state index is 0.158. The molecule has 0 aliphatic carbocycles. The maximum absolute atomic E-state index is 6.07. The number of unbranched alkanes of at least 4 members (excludes halogenated alkanes) is 3. The second kappa shape index (κ2) is 12.1. The number of rotatable bonds is 13. The number of hydrogen-bond acceptors (Lipinski definition) is 5. The summed E-state index contributed by atoms with van der Waals surface area (Å²) < 4.78 is 2.39. The molecule has 2 aromatic heterocycles. The molecule has 0 saturated heterocycles. The van der Waals surface area contributed by atoms with E-state index >= 15 is 0 Å². The summed E-state index contributed by atoms with van der Waals surface area (Å²) in [7, 11) is 0. The normalized spacial score (nSPS) is 12.0. The van der Waals surface area contributed by atoms with Gasteiger partial charge in [-0.25, -0.2) is 9.97 Å². The summed E-state index contributed by atoms with van der Waals surface area (Å²) in [5.41, 5.74) is 10.5. The van der Waals surface area contributed by atoms with Crippen LogP contribution in [0.2, 0.25) is 0 Å². The van der Waals surface area contributed by atoms with Crippen LogP contribution in [0.25, 0.3) is 11.2 Å². The number of nitrogen functional groups attached to an aromatic ring is 1.